The van der Waals surface area contributed by atoms with Crippen LogP contribution in [0.15, 0.2) is 42.5 Å². The lowest BCUT2D eigenvalue weighted by Gasteiger charge is -2.13. The van der Waals surface area contributed by atoms with Gasteiger partial charge in [0.25, 0.3) is 0 Å². The summed E-state index contributed by atoms with van der Waals surface area (Å²) in [6.07, 6.45) is 0. The van der Waals surface area contributed by atoms with Gasteiger partial charge in [-0.1, -0.05) is 41.9 Å². The number of aryl methyl sites for hydroxylation is 1. The molecule has 2 rings (SSSR count). The summed E-state index contributed by atoms with van der Waals surface area (Å²) in [4.78, 5) is 0. The molecule has 0 amide bonds. The molecule has 0 atom stereocenters. The Labute approximate surface area is 112 Å². The third-order valence-corrected chi connectivity index (χ3v) is 2.97. The van der Waals surface area contributed by atoms with Crippen molar-refractivity contribution in [3.8, 4) is 5.75 Å². The molecule has 3 heteroatoms. The van der Waals surface area contributed by atoms with Crippen molar-refractivity contribution in [3.05, 3.63) is 64.2 Å². The van der Waals surface area contributed by atoms with Gasteiger partial charge in [-0.25, -0.2) is 0 Å². The predicted molar refractivity (Wildman–Crippen MR) is 72.9 cm³/mol. The van der Waals surface area contributed by atoms with E-state index in [2.05, 4.69) is 0 Å². The first-order valence-electron chi connectivity index (χ1n) is 5.77. The topological polar surface area (TPSA) is 29.5 Å². The van der Waals surface area contributed by atoms with Gasteiger partial charge in [0.1, 0.15) is 12.4 Å². The van der Waals surface area contributed by atoms with E-state index in [0.717, 1.165) is 22.4 Å². The van der Waals surface area contributed by atoms with E-state index in [4.69, 9.17) is 16.3 Å². The second-order valence-electron chi connectivity index (χ2n) is 4.14. The normalized spacial score (nSPS) is 10.4. The Hall–Kier alpha value is -1.51. The summed E-state index contributed by atoms with van der Waals surface area (Å²) < 4.78 is 5.78. The number of ether oxygens (including phenoxy) is 1. The maximum Gasteiger partial charge on any atom is 0.128 e. The van der Waals surface area contributed by atoms with Crippen LogP contribution in [0.4, 0.5) is 0 Å². The number of hydrogen-bond acceptors (Lipinski definition) is 2. The maximum atomic E-state index is 9.28. The molecule has 0 aliphatic carbocycles. The molecule has 0 aromatic heterocycles. The first kappa shape index (κ1) is 12.9. The summed E-state index contributed by atoms with van der Waals surface area (Å²) in [5, 5.41) is 9.98. The van der Waals surface area contributed by atoms with Crippen molar-refractivity contribution in [1.82, 2.24) is 0 Å². The van der Waals surface area contributed by atoms with Crippen molar-refractivity contribution in [2.45, 2.75) is 20.1 Å². The Morgan fingerprint density at radius 3 is 2.67 bits per heavy atom. The van der Waals surface area contributed by atoms with Gasteiger partial charge < -0.3 is 9.84 Å². The molecular weight excluding hydrogens is 248 g/mol. The fourth-order valence-corrected chi connectivity index (χ4v) is 2.04. The zero-order chi connectivity index (χ0) is 13.0. The standard InChI is InChI=1S/C15H15ClO2/c1-11-4-2-6-13(9-17)15(11)18-10-12-5-3-7-14(16)8-12/h2-8,17H,9-10H2,1H3. The van der Waals surface area contributed by atoms with Gasteiger partial charge in [-0.2, -0.15) is 0 Å². The van der Waals surface area contributed by atoms with Crippen LogP contribution in [-0.4, -0.2) is 5.11 Å². The molecule has 0 spiro atoms. The Balaban J connectivity index is 2.15. The van der Waals surface area contributed by atoms with Crippen molar-refractivity contribution in [1.29, 1.82) is 0 Å². The molecule has 94 valence electrons. The Kier molecular flexibility index (Phi) is 4.24. The van der Waals surface area contributed by atoms with Gasteiger partial charge in [-0.05, 0) is 30.2 Å². The zero-order valence-electron chi connectivity index (χ0n) is 10.2. The highest BCUT2D eigenvalue weighted by Gasteiger charge is 2.06. The summed E-state index contributed by atoms with van der Waals surface area (Å²) >= 11 is 5.92. The fourth-order valence-electron chi connectivity index (χ4n) is 1.83. The lowest BCUT2D eigenvalue weighted by Crippen LogP contribution is -2.00. The molecule has 1 N–H and O–H groups in total. The fraction of sp³-hybridized carbons (Fsp3) is 0.200. The molecule has 0 fully saturated rings. The largest absolute Gasteiger partial charge is 0.488 e. The molecule has 2 aromatic rings. The number of benzene rings is 2. The Morgan fingerprint density at radius 1 is 1.17 bits per heavy atom. The van der Waals surface area contributed by atoms with E-state index in [0.29, 0.717) is 11.6 Å². The van der Waals surface area contributed by atoms with Crippen LogP contribution in [0.5, 0.6) is 5.75 Å². The summed E-state index contributed by atoms with van der Waals surface area (Å²) in [6, 6.07) is 13.3. The van der Waals surface area contributed by atoms with Crippen molar-refractivity contribution in [2.75, 3.05) is 0 Å². The van der Waals surface area contributed by atoms with E-state index in [1.54, 1.807) is 0 Å². The lowest BCUT2D eigenvalue weighted by atomic mass is 10.1. The monoisotopic (exact) mass is 262 g/mol. The molecular formula is C15H15ClO2. The minimum absolute atomic E-state index is 0.0213. The molecule has 0 aliphatic rings. The third kappa shape index (κ3) is 3.03. The quantitative estimate of drug-likeness (QED) is 0.910. The molecule has 0 unspecified atom stereocenters. The second-order valence-corrected chi connectivity index (χ2v) is 4.58. The first-order valence-corrected chi connectivity index (χ1v) is 6.15. The number of hydrogen-bond donors (Lipinski definition) is 1. The van der Waals surface area contributed by atoms with Crippen LogP contribution >= 0.6 is 11.6 Å². The molecule has 2 aromatic carbocycles. The number of aliphatic hydroxyl groups is 1. The van der Waals surface area contributed by atoms with Crippen molar-refractivity contribution < 1.29 is 9.84 Å². The number of para-hydroxylation sites is 1. The SMILES string of the molecule is Cc1cccc(CO)c1OCc1cccc(Cl)c1. The first-order chi connectivity index (χ1) is 8.70. The molecule has 0 saturated heterocycles. The number of rotatable bonds is 4. The predicted octanol–water partition coefficient (Wildman–Crippen LogP) is 3.72. The van der Waals surface area contributed by atoms with E-state index in [1.165, 1.54) is 0 Å². The lowest BCUT2D eigenvalue weighted by molar-refractivity contribution is 0.258. The molecule has 0 saturated carbocycles. The van der Waals surface area contributed by atoms with Crippen LogP contribution in [-0.2, 0) is 13.2 Å². The van der Waals surface area contributed by atoms with Crippen molar-refractivity contribution in [3.63, 3.8) is 0 Å². The molecule has 0 radical (unpaired) electrons. The minimum Gasteiger partial charge on any atom is -0.488 e. The Morgan fingerprint density at radius 2 is 1.94 bits per heavy atom. The summed E-state index contributed by atoms with van der Waals surface area (Å²) in [5.74, 6) is 0.750. The highest BCUT2D eigenvalue weighted by Crippen LogP contribution is 2.24. The van der Waals surface area contributed by atoms with Crippen LogP contribution in [0.25, 0.3) is 0 Å². The van der Waals surface area contributed by atoms with Crippen LogP contribution in [0.3, 0.4) is 0 Å². The van der Waals surface area contributed by atoms with Gasteiger partial charge in [0.05, 0.1) is 6.61 Å². The molecule has 18 heavy (non-hydrogen) atoms. The van der Waals surface area contributed by atoms with E-state index < -0.39 is 0 Å². The number of halogens is 1. The van der Waals surface area contributed by atoms with E-state index in [9.17, 15) is 5.11 Å². The third-order valence-electron chi connectivity index (χ3n) is 2.74. The average Bonchev–Trinajstić information content (AvgIpc) is 2.37. The van der Waals surface area contributed by atoms with Gasteiger partial charge in [-0.15, -0.1) is 0 Å². The highest BCUT2D eigenvalue weighted by atomic mass is 35.5. The summed E-state index contributed by atoms with van der Waals surface area (Å²) in [5.41, 5.74) is 2.83. The summed E-state index contributed by atoms with van der Waals surface area (Å²) in [6.45, 7) is 2.39. The summed E-state index contributed by atoms with van der Waals surface area (Å²) in [7, 11) is 0. The maximum absolute atomic E-state index is 9.28. The van der Waals surface area contributed by atoms with E-state index in [1.807, 2.05) is 49.4 Å². The van der Waals surface area contributed by atoms with Gasteiger partial charge in [0.15, 0.2) is 0 Å². The Bertz CT molecular complexity index is 538. The van der Waals surface area contributed by atoms with Crippen molar-refractivity contribution >= 4 is 11.6 Å². The van der Waals surface area contributed by atoms with E-state index in [-0.39, 0.29) is 6.61 Å². The van der Waals surface area contributed by atoms with Gasteiger partial charge in [-0.3, -0.25) is 0 Å². The molecule has 0 heterocycles. The highest BCUT2D eigenvalue weighted by molar-refractivity contribution is 6.30. The van der Waals surface area contributed by atoms with E-state index >= 15 is 0 Å². The minimum atomic E-state index is -0.0213. The van der Waals surface area contributed by atoms with Crippen LogP contribution in [0.2, 0.25) is 5.02 Å². The van der Waals surface area contributed by atoms with Crippen LogP contribution in [0, 0.1) is 6.92 Å². The van der Waals surface area contributed by atoms with Crippen LogP contribution < -0.4 is 4.74 Å². The average molecular weight is 263 g/mol. The zero-order valence-corrected chi connectivity index (χ0v) is 10.9. The van der Waals surface area contributed by atoms with Gasteiger partial charge in [0.2, 0.25) is 0 Å². The molecule has 0 bridgehead atoms. The van der Waals surface area contributed by atoms with Crippen molar-refractivity contribution in [2.24, 2.45) is 0 Å². The molecule has 0 aliphatic heterocycles. The number of aliphatic hydroxyl groups excluding tert-OH is 1. The molecule has 2 nitrogen and oxygen atoms in total. The smallest absolute Gasteiger partial charge is 0.128 e. The van der Waals surface area contributed by atoms with Gasteiger partial charge in [0, 0.05) is 10.6 Å². The van der Waals surface area contributed by atoms with Crippen LogP contribution in [0.1, 0.15) is 16.7 Å². The van der Waals surface area contributed by atoms with Gasteiger partial charge >= 0.3 is 0 Å². The second kappa shape index (κ2) is 5.89.